The van der Waals surface area contributed by atoms with Gasteiger partial charge in [-0.05, 0) is 42.5 Å². The molecule has 2 fully saturated rings. The maximum absolute atomic E-state index is 13.6. The summed E-state index contributed by atoms with van der Waals surface area (Å²) < 4.78 is 44.6. The normalized spacial score (nSPS) is 17.2. The van der Waals surface area contributed by atoms with Gasteiger partial charge in [-0.2, -0.15) is 0 Å². The molecule has 38 heavy (non-hydrogen) atoms. The molecule has 202 valence electrons. The summed E-state index contributed by atoms with van der Waals surface area (Å²) >= 11 is 6.25. The molecule has 1 N–H and O–H groups in total. The van der Waals surface area contributed by atoms with Crippen LogP contribution in [0.25, 0.3) is 10.9 Å². The lowest BCUT2D eigenvalue weighted by atomic mass is 9.88. The van der Waals surface area contributed by atoms with Crippen molar-refractivity contribution in [3.63, 3.8) is 0 Å². The molecule has 3 aromatic rings. The third-order valence-corrected chi connectivity index (χ3v) is 7.45. The van der Waals surface area contributed by atoms with Crippen molar-refractivity contribution in [2.45, 2.75) is 31.7 Å². The third kappa shape index (κ3) is 5.76. The van der Waals surface area contributed by atoms with Crippen molar-refractivity contribution in [2.24, 2.45) is 0 Å². The van der Waals surface area contributed by atoms with Crippen LogP contribution in [0.2, 0.25) is 5.02 Å². The van der Waals surface area contributed by atoms with Crippen LogP contribution in [-0.4, -0.2) is 71.8 Å². The maximum Gasteiger partial charge on any atom is 0.573 e. The molecule has 11 heteroatoms. The number of nitrogens with one attached hydrogen (secondary N) is 1. The van der Waals surface area contributed by atoms with Gasteiger partial charge in [0.25, 0.3) is 5.91 Å². The number of nitrogens with zero attached hydrogens (tertiary/aromatic N) is 3. The predicted octanol–water partition coefficient (Wildman–Crippen LogP) is 4.64. The van der Waals surface area contributed by atoms with Crippen LogP contribution >= 0.6 is 11.6 Å². The van der Waals surface area contributed by atoms with Crippen molar-refractivity contribution < 1.29 is 27.5 Å². The number of carbonyl (C=O) groups excluding carboxylic acids is 2. The molecule has 2 saturated heterocycles. The lowest BCUT2D eigenvalue weighted by Gasteiger charge is -2.33. The number of halogens is 4. The van der Waals surface area contributed by atoms with Crippen LogP contribution in [-0.2, 0) is 11.3 Å². The van der Waals surface area contributed by atoms with E-state index in [1.54, 1.807) is 50.9 Å². The predicted molar refractivity (Wildman–Crippen MR) is 137 cm³/mol. The quantitative estimate of drug-likeness (QED) is 0.504. The van der Waals surface area contributed by atoms with Crippen molar-refractivity contribution in [3.05, 3.63) is 64.8 Å². The summed E-state index contributed by atoms with van der Waals surface area (Å²) in [5.41, 5.74) is 1.68. The monoisotopic (exact) mass is 548 g/mol. The molecule has 0 aliphatic carbocycles. The van der Waals surface area contributed by atoms with Crippen molar-refractivity contribution in [2.75, 3.05) is 39.3 Å². The molecule has 0 spiro atoms. The molecule has 0 radical (unpaired) electrons. The van der Waals surface area contributed by atoms with E-state index in [1.807, 2.05) is 0 Å². The average molecular weight is 549 g/mol. The molecule has 0 unspecified atom stereocenters. The largest absolute Gasteiger partial charge is 0.573 e. The summed E-state index contributed by atoms with van der Waals surface area (Å²) in [6.07, 6.45) is -2.04. The van der Waals surface area contributed by atoms with Gasteiger partial charge >= 0.3 is 6.36 Å². The van der Waals surface area contributed by atoms with Crippen LogP contribution in [0.15, 0.2) is 48.7 Å². The molecule has 2 amide bonds. The van der Waals surface area contributed by atoms with Gasteiger partial charge in [0.15, 0.2) is 0 Å². The fourth-order valence-corrected chi connectivity index (χ4v) is 5.49. The first-order chi connectivity index (χ1) is 18.2. The lowest BCUT2D eigenvalue weighted by Crippen LogP contribution is -2.47. The molecule has 2 aliphatic heterocycles. The Kier molecular flexibility index (Phi) is 7.54. The molecule has 1 aromatic heterocycles. The highest BCUT2D eigenvalue weighted by molar-refractivity contribution is 6.31. The Labute approximate surface area is 223 Å². The second-order valence-electron chi connectivity index (χ2n) is 9.62. The summed E-state index contributed by atoms with van der Waals surface area (Å²) in [7, 11) is 0. The number of likely N-dealkylation sites (tertiary alicyclic amines) is 1. The smallest absolute Gasteiger partial charge is 0.405 e. The first-order valence-corrected chi connectivity index (χ1v) is 13.0. The summed E-state index contributed by atoms with van der Waals surface area (Å²) in [5, 5.41) is 4.44. The third-order valence-electron chi connectivity index (χ3n) is 7.22. The van der Waals surface area contributed by atoms with Crippen LogP contribution in [0.1, 0.15) is 34.7 Å². The molecule has 0 bridgehead atoms. The van der Waals surface area contributed by atoms with Gasteiger partial charge in [0.2, 0.25) is 5.91 Å². The van der Waals surface area contributed by atoms with E-state index >= 15 is 0 Å². The zero-order chi connectivity index (χ0) is 26.9. The van der Waals surface area contributed by atoms with E-state index in [-0.39, 0.29) is 30.0 Å². The van der Waals surface area contributed by atoms with Crippen LogP contribution in [0.5, 0.6) is 5.75 Å². The Morgan fingerprint density at radius 2 is 1.71 bits per heavy atom. The second kappa shape index (κ2) is 10.9. The minimum Gasteiger partial charge on any atom is -0.405 e. The highest BCUT2D eigenvalue weighted by Crippen LogP contribution is 2.37. The lowest BCUT2D eigenvalue weighted by molar-refractivity contribution is -0.275. The topological polar surface area (TPSA) is 66.8 Å². The molecule has 7 nitrogen and oxygen atoms in total. The van der Waals surface area contributed by atoms with Crippen molar-refractivity contribution in [3.8, 4) is 5.75 Å². The van der Waals surface area contributed by atoms with E-state index in [0.29, 0.717) is 66.1 Å². The Balaban J connectivity index is 1.33. The average Bonchev–Trinajstić information content (AvgIpc) is 3.25. The summed E-state index contributed by atoms with van der Waals surface area (Å²) in [5.74, 6) is -0.555. The number of hydrogen-bond donors (Lipinski definition) is 1. The Bertz CT molecular complexity index is 1330. The minimum atomic E-state index is -4.77. The molecule has 3 heterocycles. The Morgan fingerprint density at radius 3 is 2.42 bits per heavy atom. The van der Waals surface area contributed by atoms with Gasteiger partial charge in [-0.15, -0.1) is 13.2 Å². The first kappa shape index (κ1) is 26.4. The second-order valence-corrected chi connectivity index (χ2v) is 10.1. The Morgan fingerprint density at radius 1 is 1.00 bits per heavy atom. The summed E-state index contributed by atoms with van der Waals surface area (Å²) in [4.78, 5) is 30.1. The van der Waals surface area contributed by atoms with Crippen LogP contribution in [0, 0.1) is 0 Å². The number of rotatable bonds is 5. The number of ether oxygens (including phenoxy) is 1. The van der Waals surface area contributed by atoms with Gasteiger partial charge in [-0.25, -0.2) is 0 Å². The minimum absolute atomic E-state index is 0.0251. The zero-order valence-electron chi connectivity index (χ0n) is 20.6. The van der Waals surface area contributed by atoms with Gasteiger partial charge in [0.1, 0.15) is 12.3 Å². The van der Waals surface area contributed by atoms with Crippen LogP contribution in [0.4, 0.5) is 13.2 Å². The van der Waals surface area contributed by atoms with E-state index in [4.69, 9.17) is 11.6 Å². The van der Waals surface area contributed by atoms with E-state index in [0.717, 1.165) is 13.1 Å². The number of piperidine rings is 1. The van der Waals surface area contributed by atoms with Gasteiger partial charge in [0.05, 0.1) is 11.1 Å². The highest BCUT2D eigenvalue weighted by Gasteiger charge is 2.34. The van der Waals surface area contributed by atoms with E-state index in [2.05, 4.69) is 10.1 Å². The summed E-state index contributed by atoms with van der Waals surface area (Å²) in [6.45, 7) is 3.65. The number of carbonyl (C=O) groups is 2. The van der Waals surface area contributed by atoms with Crippen molar-refractivity contribution in [1.82, 2.24) is 19.7 Å². The number of amides is 2. The summed E-state index contributed by atoms with van der Waals surface area (Å²) in [6, 6.07) is 11.4. The standard InChI is InChI=1S/C27H28ClF3N4O3/c28-19-5-6-21-22(16-35(23(21)15-19)17-25(36)33-13-9-32-10-14-33)26(37)34-11-7-18(8-12-34)20-3-1-2-4-24(20)38-27(29,30)31/h1-6,15-16,18,32H,7-14,17H2. The van der Waals surface area contributed by atoms with E-state index < -0.39 is 6.36 Å². The van der Waals surface area contributed by atoms with Crippen molar-refractivity contribution in [1.29, 1.82) is 0 Å². The first-order valence-electron chi connectivity index (χ1n) is 12.6. The van der Waals surface area contributed by atoms with E-state index in [9.17, 15) is 22.8 Å². The van der Waals surface area contributed by atoms with Gasteiger partial charge in [-0.3, -0.25) is 9.59 Å². The number of hydrogen-bond acceptors (Lipinski definition) is 4. The van der Waals surface area contributed by atoms with Crippen LogP contribution in [0.3, 0.4) is 0 Å². The zero-order valence-corrected chi connectivity index (χ0v) is 21.4. The van der Waals surface area contributed by atoms with Crippen LogP contribution < -0.4 is 10.1 Å². The number of piperazine rings is 1. The molecule has 0 saturated carbocycles. The highest BCUT2D eigenvalue weighted by atomic mass is 35.5. The Hall–Kier alpha value is -3.24. The SMILES string of the molecule is O=C(Cn1cc(C(=O)N2CCC(c3ccccc3OC(F)(F)F)CC2)c2ccc(Cl)cc21)N1CCNCC1. The van der Waals surface area contributed by atoms with Crippen molar-refractivity contribution >= 4 is 34.3 Å². The molecule has 2 aromatic carbocycles. The number of para-hydroxylation sites is 1. The molecule has 2 aliphatic rings. The van der Waals surface area contributed by atoms with Gasteiger partial charge in [-0.1, -0.05) is 35.9 Å². The number of fused-ring (bicyclic) bond motifs is 1. The fourth-order valence-electron chi connectivity index (χ4n) is 5.33. The molecule has 0 atom stereocenters. The molecular weight excluding hydrogens is 521 g/mol. The molecular formula is C27H28ClF3N4O3. The number of alkyl halides is 3. The maximum atomic E-state index is 13.6. The number of aromatic nitrogens is 1. The van der Waals surface area contributed by atoms with Gasteiger partial charge in [0, 0.05) is 55.9 Å². The van der Waals surface area contributed by atoms with Gasteiger partial charge < -0.3 is 24.4 Å². The number of benzene rings is 2. The fraction of sp³-hybridized carbons (Fsp3) is 0.407. The molecule has 5 rings (SSSR count). The van der Waals surface area contributed by atoms with E-state index in [1.165, 1.54) is 12.1 Å².